The van der Waals surface area contributed by atoms with Gasteiger partial charge in [-0.25, -0.2) is 4.98 Å². The van der Waals surface area contributed by atoms with Crippen molar-refractivity contribution in [2.24, 2.45) is 5.92 Å². The lowest BCUT2D eigenvalue weighted by Gasteiger charge is -2.20. The number of fused-ring (bicyclic) bond motifs is 1. The smallest absolute Gasteiger partial charge is 0.335 e. The molecule has 1 saturated carbocycles. The molecule has 1 aliphatic carbocycles. The Balaban J connectivity index is 0.000000659. The molecular weight excluding hydrogens is 362 g/mol. The Hall–Kier alpha value is -2.61. The number of rotatable bonds is 5. The fourth-order valence-corrected chi connectivity index (χ4v) is 3.20. The highest BCUT2D eigenvalue weighted by atomic mass is 32.1. The predicted octanol–water partition coefficient (Wildman–Crippen LogP) is 3.45. The van der Waals surface area contributed by atoms with E-state index < -0.39 is 11.6 Å². The normalized spacial score (nSPS) is 14.5. The first-order valence-corrected chi connectivity index (χ1v) is 9.67. The van der Waals surface area contributed by atoms with E-state index in [9.17, 15) is 0 Å². The van der Waals surface area contributed by atoms with Crippen molar-refractivity contribution in [1.82, 2.24) is 19.6 Å². The molecule has 0 amide bonds. The number of aromatic nitrogens is 4. The first-order valence-electron chi connectivity index (χ1n) is 9.00. The Bertz CT molecular complexity index is 947. The quantitative estimate of drug-likeness (QED) is 0.723. The van der Waals surface area contributed by atoms with E-state index in [-0.39, 0.29) is 6.04 Å². The highest BCUT2D eigenvalue weighted by molar-refractivity contribution is 7.51. The second-order valence-corrected chi connectivity index (χ2v) is 7.16. The number of anilines is 1. The molecule has 1 N–H and O–H groups in total. The van der Waals surface area contributed by atoms with Crippen LogP contribution in [-0.4, -0.2) is 28.0 Å². The highest BCUT2D eigenvalue weighted by Crippen LogP contribution is 2.42. The summed E-state index contributed by atoms with van der Waals surface area (Å²) in [6.07, 6.45) is 4.43. The third-order valence-electron chi connectivity index (χ3n) is 4.67. The summed E-state index contributed by atoms with van der Waals surface area (Å²) < 4.78 is 18.4. The number of hydrogen-bond acceptors (Lipinski definition) is 6. The molecule has 0 unspecified atom stereocenters. The molecule has 8 heteroatoms. The molecule has 1 atom stereocenters. The molecule has 1 fully saturated rings. The average Bonchev–Trinajstić information content (AvgIpc) is 3.39. The van der Waals surface area contributed by atoms with Gasteiger partial charge in [-0.05, 0) is 37.2 Å². The molecule has 2 aromatic heterocycles. The molecule has 0 aliphatic heterocycles. The standard InChI is InChI=1S/C19H23N5.O2S/c1-12(2)16-11-20-24-18(16)21-13(3)22-19(24)23-17(15-9-10-15)14-7-5-4-6-8-14;1-3-2/h4-8,11-12,15,17H,9-10H2,1-3H3,(H,21,22,23);/t17-;/m1./s1. The van der Waals surface area contributed by atoms with E-state index in [0.717, 1.165) is 23.0 Å². The van der Waals surface area contributed by atoms with Gasteiger partial charge in [-0.3, -0.25) is 0 Å². The van der Waals surface area contributed by atoms with Gasteiger partial charge in [0.1, 0.15) is 5.82 Å². The lowest BCUT2D eigenvalue weighted by Crippen LogP contribution is -2.17. The van der Waals surface area contributed by atoms with Gasteiger partial charge in [0.25, 0.3) is 0 Å². The van der Waals surface area contributed by atoms with Crippen molar-refractivity contribution in [1.29, 1.82) is 0 Å². The summed E-state index contributed by atoms with van der Waals surface area (Å²) in [5, 5.41) is 8.18. The van der Waals surface area contributed by atoms with Crippen LogP contribution in [0.4, 0.5) is 5.95 Å². The van der Waals surface area contributed by atoms with Gasteiger partial charge in [-0.1, -0.05) is 44.2 Å². The number of nitrogens with one attached hydrogen (secondary N) is 1. The van der Waals surface area contributed by atoms with Crippen LogP contribution < -0.4 is 5.32 Å². The van der Waals surface area contributed by atoms with Crippen molar-refractivity contribution >= 4 is 23.2 Å². The predicted molar refractivity (Wildman–Crippen MR) is 104 cm³/mol. The van der Waals surface area contributed by atoms with E-state index in [1.165, 1.54) is 18.4 Å². The minimum atomic E-state index is -0.750. The minimum absolute atomic E-state index is 0.274. The molecule has 0 radical (unpaired) electrons. The van der Waals surface area contributed by atoms with Crippen LogP contribution in [0.3, 0.4) is 0 Å². The van der Waals surface area contributed by atoms with Gasteiger partial charge < -0.3 is 5.32 Å². The van der Waals surface area contributed by atoms with Crippen LogP contribution in [0, 0.1) is 12.8 Å². The van der Waals surface area contributed by atoms with Gasteiger partial charge in [0.15, 0.2) is 5.65 Å². The Labute approximate surface area is 161 Å². The summed E-state index contributed by atoms with van der Waals surface area (Å²) in [6, 6.07) is 10.9. The zero-order valence-electron chi connectivity index (χ0n) is 15.6. The number of hydrogen-bond donors (Lipinski definition) is 1. The largest absolute Gasteiger partial charge is 0.347 e. The molecule has 27 heavy (non-hydrogen) atoms. The highest BCUT2D eigenvalue weighted by Gasteiger charge is 2.33. The molecule has 0 spiro atoms. The van der Waals surface area contributed by atoms with E-state index >= 15 is 0 Å². The monoisotopic (exact) mass is 385 g/mol. The van der Waals surface area contributed by atoms with E-state index in [4.69, 9.17) is 8.42 Å². The first kappa shape index (κ1) is 19.2. The van der Waals surface area contributed by atoms with Crippen LogP contribution in [-0.2, 0) is 11.6 Å². The molecule has 2 heterocycles. The molecule has 7 nitrogen and oxygen atoms in total. The maximum Gasteiger partial charge on any atom is 0.335 e. The summed E-state index contributed by atoms with van der Waals surface area (Å²) in [5.74, 6) is 2.61. The van der Waals surface area contributed by atoms with Crippen LogP contribution in [0.5, 0.6) is 0 Å². The van der Waals surface area contributed by atoms with Crippen molar-refractivity contribution in [3.8, 4) is 0 Å². The Morgan fingerprint density at radius 2 is 1.81 bits per heavy atom. The third kappa shape index (κ3) is 4.39. The van der Waals surface area contributed by atoms with Crippen molar-refractivity contribution in [3.63, 3.8) is 0 Å². The second-order valence-electron chi connectivity index (χ2n) is 7.02. The average molecular weight is 385 g/mol. The van der Waals surface area contributed by atoms with Gasteiger partial charge in [0.05, 0.1) is 12.2 Å². The van der Waals surface area contributed by atoms with Gasteiger partial charge in [-0.2, -0.15) is 23.0 Å². The van der Waals surface area contributed by atoms with Crippen molar-refractivity contribution < 1.29 is 8.42 Å². The number of aryl methyl sites for hydroxylation is 1. The van der Waals surface area contributed by atoms with Gasteiger partial charge in [0.2, 0.25) is 5.95 Å². The Kier molecular flexibility index (Phi) is 5.95. The molecule has 0 bridgehead atoms. The topological polar surface area (TPSA) is 89.2 Å². The van der Waals surface area contributed by atoms with Crippen molar-refractivity contribution in [3.05, 3.63) is 53.5 Å². The molecule has 142 valence electrons. The van der Waals surface area contributed by atoms with Crippen molar-refractivity contribution in [2.75, 3.05) is 5.32 Å². The second kappa shape index (κ2) is 8.39. The van der Waals surface area contributed by atoms with Gasteiger partial charge in [0, 0.05) is 5.56 Å². The summed E-state index contributed by atoms with van der Waals surface area (Å²) >= 11 is -0.750. The van der Waals surface area contributed by atoms with E-state index in [1.54, 1.807) is 0 Å². The number of nitrogens with zero attached hydrogens (tertiary/aromatic N) is 4. The molecule has 3 aromatic rings. The van der Waals surface area contributed by atoms with Gasteiger partial charge in [-0.15, -0.1) is 0 Å². The third-order valence-corrected chi connectivity index (χ3v) is 4.67. The van der Waals surface area contributed by atoms with E-state index in [2.05, 4.69) is 64.6 Å². The van der Waals surface area contributed by atoms with Crippen molar-refractivity contribution in [2.45, 2.75) is 45.6 Å². The van der Waals surface area contributed by atoms with Crippen LogP contribution in [0.25, 0.3) is 5.65 Å². The fourth-order valence-electron chi connectivity index (χ4n) is 3.20. The first-order chi connectivity index (χ1) is 13.0. The maximum atomic E-state index is 8.29. The molecular formula is C19H23N5O2S. The van der Waals surface area contributed by atoms with Crippen LogP contribution in [0.15, 0.2) is 36.5 Å². The SMILES string of the molecule is Cc1nc(N[C@H](c2ccccc2)C2CC2)n2ncc(C(C)C)c2n1.O=S=O. The summed E-state index contributed by atoms with van der Waals surface area (Å²) in [5.41, 5.74) is 3.37. The van der Waals surface area contributed by atoms with Crippen LogP contribution in [0.1, 0.15) is 55.6 Å². The lowest BCUT2D eigenvalue weighted by atomic mass is 10.0. The maximum absolute atomic E-state index is 8.29. The zero-order chi connectivity index (χ0) is 19.4. The minimum Gasteiger partial charge on any atom is -0.347 e. The van der Waals surface area contributed by atoms with Gasteiger partial charge >= 0.3 is 11.6 Å². The molecule has 4 rings (SSSR count). The number of benzene rings is 1. The summed E-state index contributed by atoms with van der Waals surface area (Å²) in [6.45, 7) is 6.27. The van der Waals surface area contributed by atoms with E-state index in [0.29, 0.717) is 11.8 Å². The zero-order valence-corrected chi connectivity index (χ0v) is 16.4. The fraction of sp³-hybridized carbons (Fsp3) is 0.421. The lowest BCUT2D eigenvalue weighted by molar-refractivity contribution is 0.630. The van der Waals surface area contributed by atoms with Crippen LogP contribution in [0.2, 0.25) is 0 Å². The van der Waals surface area contributed by atoms with Crippen LogP contribution >= 0.6 is 0 Å². The molecule has 1 aromatic carbocycles. The molecule has 1 aliphatic rings. The summed E-state index contributed by atoms with van der Waals surface area (Å²) in [7, 11) is 0. The Morgan fingerprint density at radius 3 is 2.41 bits per heavy atom. The summed E-state index contributed by atoms with van der Waals surface area (Å²) in [4.78, 5) is 9.24. The molecule has 0 saturated heterocycles. The van der Waals surface area contributed by atoms with E-state index in [1.807, 2.05) is 17.6 Å². The Morgan fingerprint density at radius 1 is 1.15 bits per heavy atom.